The minimum atomic E-state index is -0.697. The maximum Gasteiger partial charge on any atom is 0.321 e. The van der Waals surface area contributed by atoms with Gasteiger partial charge < -0.3 is 11.5 Å². The van der Waals surface area contributed by atoms with Crippen molar-refractivity contribution in [2.24, 2.45) is 12.8 Å². The van der Waals surface area contributed by atoms with Gasteiger partial charge in [-0.1, -0.05) is 0 Å². The highest BCUT2D eigenvalue weighted by Crippen LogP contribution is 2.04. The van der Waals surface area contributed by atoms with Crippen molar-refractivity contribution >= 4 is 17.7 Å². The van der Waals surface area contributed by atoms with Crippen molar-refractivity contribution in [2.75, 3.05) is 17.7 Å². The molecular weight excluding hydrogens is 186 g/mol. The highest BCUT2D eigenvalue weighted by molar-refractivity contribution is 5.88. The average Bonchev–Trinajstić information content (AvgIpc) is 2.13. The third-order valence-electron chi connectivity index (χ3n) is 1.80. The number of hydrogen-bond donors (Lipinski definition) is 2. The molecule has 0 spiro atoms. The number of hydrogen-bond acceptors (Lipinski definition) is 4. The van der Waals surface area contributed by atoms with E-state index in [1.807, 2.05) is 0 Å². The van der Waals surface area contributed by atoms with Crippen molar-refractivity contribution in [3.8, 4) is 0 Å². The van der Waals surface area contributed by atoms with Gasteiger partial charge in [0.05, 0.1) is 6.20 Å². The fourth-order valence-corrected chi connectivity index (χ4v) is 0.964. The lowest BCUT2D eigenvalue weighted by atomic mass is 10.5. The van der Waals surface area contributed by atoms with Crippen molar-refractivity contribution in [1.29, 1.82) is 0 Å². The number of anilines is 2. The van der Waals surface area contributed by atoms with Crippen LogP contribution in [0.15, 0.2) is 11.0 Å². The number of carbonyl (C=O) groups excluding carboxylic acids is 1. The van der Waals surface area contributed by atoms with E-state index in [4.69, 9.17) is 11.5 Å². The van der Waals surface area contributed by atoms with Gasteiger partial charge >= 0.3 is 6.03 Å². The molecule has 0 aliphatic heterocycles. The lowest BCUT2D eigenvalue weighted by Crippen LogP contribution is -2.37. The van der Waals surface area contributed by atoms with Crippen LogP contribution in [-0.4, -0.2) is 22.6 Å². The Balaban J connectivity index is 3.31. The predicted molar refractivity (Wildman–Crippen MR) is 51.9 cm³/mol. The van der Waals surface area contributed by atoms with Crippen LogP contribution in [0.2, 0.25) is 0 Å². The number of nitrogens with two attached hydrogens (primary N) is 2. The first-order valence-electron chi connectivity index (χ1n) is 3.79. The normalized spacial score (nSPS) is 9.86. The SMILES string of the molecule is CN(C(N)=O)c1ncc(N)c(=O)n1C. The molecule has 0 fully saturated rings. The molecule has 1 aromatic heterocycles. The van der Waals surface area contributed by atoms with Crippen molar-refractivity contribution in [1.82, 2.24) is 9.55 Å². The number of nitrogens with zero attached hydrogens (tertiary/aromatic N) is 3. The minimum Gasteiger partial charge on any atom is -0.393 e. The van der Waals surface area contributed by atoms with Gasteiger partial charge in [-0.15, -0.1) is 0 Å². The van der Waals surface area contributed by atoms with Crippen LogP contribution in [-0.2, 0) is 7.05 Å². The molecule has 0 unspecified atom stereocenters. The zero-order valence-corrected chi connectivity index (χ0v) is 7.89. The second kappa shape index (κ2) is 3.36. The number of urea groups is 1. The maximum atomic E-state index is 11.3. The first-order valence-corrected chi connectivity index (χ1v) is 3.79. The fraction of sp³-hybridized carbons (Fsp3) is 0.286. The van der Waals surface area contributed by atoms with E-state index in [9.17, 15) is 9.59 Å². The van der Waals surface area contributed by atoms with Gasteiger partial charge in [0.2, 0.25) is 5.95 Å². The third-order valence-corrected chi connectivity index (χ3v) is 1.80. The molecular formula is C7H11N5O2. The molecule has 2 amide bonds. The summed E-state index contributed by atoms with van der Waals surface area (Å²) in [6.07, 6.45) is 1.19. The summed E-state index contributed by atoms with van der Waals surface area (Å²) in [6, 6.07) is -0.697. The van der Waals surface area contributed by atoms with E-state index < -0.39 is 11.6 Å². The summed E-state index contributed by atoms with van der Waals surface area (Å²) in [4.78, 5) is 27.0. The summed E-state index contributed by atoms with van der Waals surface area (Å²) in [5.74, 6) is 0.150. The number of nitrogen functional groups attached to an aromatic ring is 1. The van der Waals surface area contributed by atoms with Gasteiger partial charge in [0.1, 0.15) is 5.69 Å². The van der Waals surface area contributed by atoms with Crippen molar-refractivity contribution in [3.63, 3.8) is 0 Å². The molecule has 1 aromatic rings. The summed E-state index contributed by atoms with van der Waals surface area (Å²) in [6.45, 7) is 0. The smallest absolute Gasteiger partial charge is 0.321 e. The van der Waals surface area contributed by atoms with Crippen LogP contribution in [0.3, 0.4) is 0 Å². The topological polar surface area (TPSA) is 107 Å². The summed E-state index contributed by atoms with van der Waals surface area (Å²) >= 11 is 0. The molecule has 0 aliphatic rings. The Hall–Kier alpha value is -2.05. The molecule has 7 nitrogen and oxygen atoms in total. The quantitative estimate of drug-likeness (QED) is 0.594. The van der Waals surface area contributed by atoms with Crippen LogP contribution in [0.25, 0.3) is 0 Å². The lowest BCUT2D eigenvalue weighted by molar-refractivity contribution is 0.254. The van der Waals surface area contributed by atoms with Gasteiger partial charge in [0.25, 0.3) is 5.56 Å². The van der Waals surface area contributed by atoms with Crippen LogP contribution >= 0.6 is 0 Å². The van der Waals surface area contributed by atoms with Crippen LogP contribution in [0.1, 0.15) is 0 Å². The maximum absolute atomic E-state index is 11.3. The highest BCUT2D eigenvalue weighted by atomic mass is 16.2. The van der Waals surface area contributed by atoms with Crippen molar-refractivity contribution in [3.05, 3.63) is 16.6 Å². The van der Waals surface area contributed by atoms with Crippen LogP contribution in [0.4, 0.5) is 16.4 Å². The highest BCUT2D eigenvalue weighted by Gasteiger charge is 2.12. The van der Waals surface area contributed by atoms with Crippen LogP contribution < -0.4 is 21.9 Å². The Morgan fingerprint density at radius 3 is 2.71 bits per heavy atom. The molecule has 1 rings (SSSR count). The molecule has 1 heterocycles. The molecule has 0 atom stereocenters. The van der Waals surface area contributed by atoms with Crippen LogP contribution in [0.5, 0.6) is 0 Å². The third kappa shape index (κ3) is 1.51. The minimum absolute atomic E-state index is 0.0223. The van der Waals surface area contributed by atoms with Gasteiger partial charge in [-0.3, -0.25) is 14.3 Å². The largest absolute Gasteiger partial charge is 0.393 e. The Kier molecular flexibility index (Phi) is 2.41. The monoisotopic (exact) mass is 197 g/mol. The summed E-state index contributed by atoms with van der Waals surface area (Å²) in [7, 11) is 2.88. The molecule has 0 bridgehead atoms. The van der Waals surface area contributed by atoms with Crippen molar-refractivity contribution < 1.29 is 4.79 Å². The lowest BCUT2D eigenvalue weighted by Gasteiger charge is -2.15. The van der Waals surface area contributed by atoms with Gasteiger partial charge in [0, 0.05) is 14.1 Å². The zero-order chi connectivity index (χ0) is 10.9. The van der Waals surface area contributed by atoms with E-state index in [0.717, 1.165) is 9.47 Å². The molecule has 0 radical (unpaired) electrons. The molecule has 0 saturated heterocycles. The number of aromatic nitrogens is 2. The first-order chi connectivity index (χ1) is 6.45. The number of carbonyl (C=O) groups is 1. The molecule has 0 aromatic carbocycles. The fourth-order valence-electron chi connectivity index (χ4n) is 0.964. The summed E-state index contributed by atoms with van der Waals surface area (Å²) in [5.41, 5.74) is 9.97. The van der Waals surface area contributed by atoms with Gasteiger partial charge in [0.15, 0.2) is 0 Å². The molecule has 7 heteroatoms. The Labute approximate surface area is 79.9 Å². The molecule has 0 aliphatic carbocycles. The Morgan fingerprint density at radius 2 is 2.21 bits per heavy atom. The standard InChI is InChI=1S/C7H11N5O2/c1-11-5(13)4(8)3-10-7(11)12(2)6(9)14/h3H,8H2,1-2H3,(H2,9,14). The number of amides is 2. The zero-order valence-electron chi connectivity index (χ0n) is 7.89. The average molecular weight is 197 g/mol. The van der Waals surface area contributed by atoms with Gasteiger partial charge in [-0.2, -0.15) is 0 Å². The van der Waals surface area contributed by atoms with E-state index in [2.05, 4.69) is 4.98 Å². The second-order valence-corrected chi connectivity index (χ2v) is 2.77. The molecule has 76 valence electrons. The predicted octanol–water partition coefficient (Wildman–Crippen LogP) is -1.12. The molecule has 4 N–H and O–H groups in total. The second-order valence-electron chi connectivity index (χ2n) is 2.77. The number of rotatable bonds is 1. The van der Waals surface area contributed by atoms with Crippen LogP contribution in [0, 0.1) is 0 Å². The summed E-state index contributed by atoms with van der Waals surface area (Å²) < 4.78 is 1.15. The molecule has 14 heavy (non-hydrogen) atoms. The van der Waals surface area contributed by atoms with Crippen molar-refractivity contribution in [2.45, 2.75) is 0 Å². The first kappa shape index (κ1) is 10.0. The van der Waals surface area contributed by atoms with Gasteiger partial charge in [-0.05, 0) is 0 Å². The molecule has 0 saturated carbocycles. The van der Waals surface area contributed by atoms with E-state index in [1.165, 1.54) is 20.3 Å². The van der Waals surface area contributed by atoms with E-state index in [-0.39, 0.29) is 11.6 Å². The summed E-state index contributed by atoms with van der Waals surface area (Å²) in [5, 5.41) is 0. The number of primary amides is 1. The Bertz CT molecular complexity index is 425. The van der Waals surface area contributed by atoms with E-state index in [0.29, 0.717) is 0 Å². The van der Waals surface area contributed by atoms with Gasteiger partial charge in [-0.25, -0.2) is 9.78 Å². The Morgan fingerprint density at radius 1 is 1.64 bits per heavy atom. The van der Waals surface area contributed by atoms with E-state index >= 15 is 0 Å². The van der Waals surface area contributed by atoms with E-state index in [1.54, 1.807) is 0 Å².